The first-order valence-corrected chi connectivity index (χ1v) is 27.8. The van der Waals surface area contributed by atoms with Crippen molar-refractivity contribution in [1.29, 1.82) is 0 Å². The Hall–Kier alpha value is -4.99. The number of ether oxygens (including phenoxy) is 2. The second-order valence-corrected chi connectivity index (χ2v) is 21.5. The van der Waals surface area contributed by atoms with E-state index in [9.17, 15) is 24.0 Å². The van der Waals surface area contributed by atoms with Crippen LogP contribution in [0.5, 0.6) is 11.5 Å². The summed E-state index contributed by atoms with van der Waals surface area (Å²) in [4.78, 5) is 72.7. The lowest BCUT2D eigenvalue weighted by molar-refractivity contribution is -0.143. The molecule has 72 heavy (non-hydrogen) atoms. The maximum atomic E-state index is 14.4. The zero-order valence-corrected chi connectivity index (χ0v) is 43.6. The summed E-state index contributed by atoms with van der Waals surface area (Å²) in [5, 5.41) is 19.5. The van der Waals surface area contributed by atoms with Crippen molar-refractivity contribution in [1.82, 2.24) is 41.7 Å². The Morgan fingerprint density at radius 3 is 1.61 bits per heavy atom. The number of rotatable bonds is 20. The Balaban J connectivity index is 0.843. The first-order valence-electron chi connectivity index (χ1n) is 27.8. The monoisotopic (exact) mass is 993 g/mol. The van der Waals surface area contributed by atoms with E-state index in [2.05, 4.69) is 56.2 Å². The van der Waals surface area contributed by atoms with Gasteiger partial charge in [-0.3, -0.25) is 29.3 Å². The Morgan fingerprint density at radius 2 is 1.07 bits per heavy atom. The Morgan fingerprint density at radius 1 is 0.583 bits per heavy atom. The fraction of sp³-hybridized carbons (Fsp3) is 0.667. The van der Waals surface area contributed by atoms with Crippen LogP contribution in [0.3, 0.4) is 0 Å². The number of likely N-dealkylation sites (tertiary alicyclic amines) is 2. The van der Waals surface area contributed by atoms with Gasteiger partial charge in [0.15, 0.2) is 0 Å². The molecule has 8 atom stereocenters. The van der Waals surface area contributed by atoms with E-state index in [4.69, 9.17) is 9.47 Å². The van der Waals surface area contributed by atoms with Crippen molar-refractivity contribution >= 4 is 29.5 Å². The Labute approximate surface area is 428 Å². The largest absolute Gasteiger partial charge is 0.489 e. The summed E-state index contributed by atoms with van der Waals surface area (Å²) in [6.45, 7) is 5.59. The molecule has 0 radical (unpaired) electrons. The first-order chi connectivity index (χ1) is 35.1. The van der Waals surface area contributed by atoms with E-state index in [1.807, 2.05) is 36.1 Å². The van der Waals surface area contributed by atoms with Crippen LogP contribution in [-0.2, 0) is 36.8 Å². The highest BCUT2D eigenvalue weighted by molar-refractivity contribution is 5.94. The highest BCUT2D eigenvalue weighted by Gasteiger charge is 2.43. The molecule has 394 valence electrons. The smallest absolute Gasteiger partial charge is 0.246 e. The summed E-state index contributed by atoms with van der Waals surface area (Å²) in [6.07, 6.45) is 22.8. The zero-order chi connectivity index (χ0) is 50.6. The number of carbonyl (C=O) groups is 5. The predicted molar refractivity (Wildman–Crippen MR) is 279 cm³/mol. The molecule has 0 spiro atoms. The van der Waals surface area contributed by atoms with Crippen molar-refractivity contribution in [2.75, 3.05) is 40.4 Å². The van der Waals surface area contributed by atoms with Gasteiger partial charge >= 0.3 is 0 Å². The fourth-order valence-corrected chi connectivity index (χ4v) is 12.5. The predicted octanol–water partition coefficient (Wildman–Crippen LogP) is 6.45. The molecular formula is C57H84N8O7. The van der Waals surface area contributed by atoms with Crippen molar-refractivity contribution in [3.05, 3.63) is 70.8 Å². The minimum absolute atomic E-state index is 0.0438. The van der Waals surface area contributed by atoms with Gasteiger partial charge in [0.1, 0.15) is 42.8 Å². The van der Waals surface area contributed by atoms with E-state index in [0.29, 0.717) is 32.7 Å². The van der Waals surface area contributed by atoms with Crippen molar-refractivity contribution in [3.63, 3.8) is 0 Å². The Kier molecular flexibility index (Phi) is 19.1. The molecule has 0 bridgehead atoms. The third kappa shape index (κ3) is 12.8. The Bertz CT molecular complexity index is 2210. The van der Waals surface area contributed by atoms with Gasteiger partial charge < -0.3 is 45.9 Å². The van der Waals surface area contributed by atoms with Crippen LogP contribution in [0.4, 0.5) is 0 Å². The van der Waals surface area contributed by atoms with Gasteiger partial charge in [-0.05, 0) is 176 Å². The average Bonchev–Trinajstić information content (AvgIpc) is 4.11. The molecule has 2 aliphatic heterocycles. The summed E-state index contributed by atoms with van der Waals surface area (Å²) < 4.78 is 12.8. The fourth-order valence-electron chi connectivity index (χ4n) is 12.5. The molecule has 6 aliphatic rings. The summed E-state index contributed by atoms with van der Waals surface area (Å²) >= 11 is 0. The van der Waals surface area contributed by atoms with Gasteiger partial charge in [0.25, 0.3) is 0 Å². The number of fused-ring (bicyclic) bond motifs is 2. The molecular weight excluding hydrogens is 909 g/mol. The van der Waals surface area contributed by atoms with Gasteiger partial charge in [-0.25, -0.2) is 0 Å². The summed E-state index contributed by atoms with van der Waals surface area (Å²) in [6, 6.07) is 9.78. The van der Waals surface area contributed by atoms with Crippen LogP contribution in [0.2, 0.25) is 0 Å². The molecule has 15 heteroatoms. The molecule has 2 saturated carbocycles. The second kappa shape index (κ2) is 25.8. The van der Waals surface area contributed by atoms with Crippen LogP contribution < -0.4 is 41.4 Å². The van der Waals surface area contributed by atoms with Crippen molar-refractivity contribution in [3.8, 4) is 11.5 Å². The zero-order valence-electron chi connectivity index (χ0n) is 43.6. The van der Waals surface area contributed by atoms with Gasteiger partial charge in [0, 0.05) is 19.1 Å². The van der Waals surface area contributed by atoms with Gasteiger partial charge in [0.05, 0.1) is 24.3 Å². The molecule has 2 saturated heterocycles. The average molecular weight is 993 g/mol. The molecule has 4 fully saturated rings. The highest BCUT2D eigenvalue weighted by atomic mass is 16.5. The van der Waals surface area contributed by atoms with E-state index in [1.165, 1.54) is 17.5 Å². The van der Waals surface area contributed by atoms with Crippen LogP contribution in [0.25, 0.3) is 0 Å². The second-order valence-electron chi connectivity index (χ2n) is 21.5. The number of benzene rings is 2. The van der Waals surface area contributed by atoms with Gasteiger partial charge in [-0.2, -0.15) is 0 Å². The quantitative estimate of drug-likeness (QED) is 0.0808. The third-order valence-corrected chi connectivity index (χ3v) is 16.9. The summed E-state index contributed by atoms with van der Waals surface area (Å²) in [5.74, 6) is 1.38. The van der Waals surface area contributed by atoms with Gasteiger partial charge in [-0.15, -0.1) is 0 Å². The van der Waals surface area contributed by atoms with Crippen LogP contribution in [0.15, 0.2) is 48.6 Å². The third-order valence-electron chi connectivity index (χ3n) is 16.9. The van der Waals surface area contributed by atoms with E-state index in [-0.39, 0.29) is 65.7 Å². The molecule has 4 aliphatic carbocycles. The number of hydrogen-bond acceptors (Lipinski definition) is 10. The minimum atomic E-state index is -0.633. The van der Waals surface area contributed by atoms with Gasteiger partial charge in [-0.1, -0.05) is 62.8 Å². The molecule has 8 rings (SSSR count). The van der Waals surface area contributed by atoms with Crippen molar-refractivity contribution in [2.45, 2.75) is 191 Å². The molecule has 15 nitrogen and oxygen atoms in total. The molecule has 5 amide bonds. The number of carbonyl (C=O) groups excluding carboxylic acids is 5. The number of amides is 5. The molecule has 2 aromatic rings. The molecule has 0 aromatic heterocycles. The number of hydrogen-bond donors (Lipinski definition) is 6. The molecule has 0 unspecified atom stereocenters. The lowest BCUT2D eigenvalue weighted by Crippen LogP contribution is -2.58. The maximum absolute atomic E-state index is 14.4. The molecule has 2 aromatic carbocycles. The van der Waals surface area contributed by atoms with Crippen LogP contribution >= 0.6 is 0 Å². The lowest BCUT2D eigenvalue weighted by atomic mass is 9.83. The minimum Gasteiger partial charge on any atom is -0.489 e. The number of likely N-dealkylation sites (N-methyl/N-ethyl adjacent to an activating group) is 2. The van der Waals surface area contributed by atoms with E-state index >= 15 is 0 Å². The van der Waals surface area contributed by atoms with Crippen molar-refractivity contribution < 1.29 is 33.4 Å². The van der Waals surface area contributed by atoms with E-state index in [1.54, 1.807) is 25.9 Å². The van der Waals surface area contributed by atoms with E-state index in [0.717, 1.165) is 138 Å². The molecule has 2 heterocycles. The standard InChI is InChI=1S/C57H84N8O7/c1-37(58-3)53(66)62-51(39-19-7-5-8-20-39)56(69)64-33-17-29-47(64)55(68)61-46-28-14-26-44-42(46)24-16-31-49(44)72-36-12-11-35-71-48-30-15-23-41-43(48)25-13-27-45(41)60-50-32-18-34-65(50)57(70)52(40-21-9-6-10-22-40)63-54(67)38(2)59-4/h11-12,15-16,23-24,30-31,37-40,45-47,50-52,58-60H,5-10,13-14,17-22,25-29,32-36H2,1-4H3,(H,61,68)(H,62,66)(H,63,67)/b12-11+/t37-,38-,45+,46+,47-,50-,51-,52-/m0/s1. The lowest BCUT2D eigenvalue weighted by Gasteiger charge is -2.37. The summed E-state index contributed by atoms with van der Waals surface area (Å²) in [7, 11) is 3.51. The molecule has 6 N–H and O–H groups in total. The maximum Gasteiger partial charge on any atom is 0.246 e. The number of nitrogens with one attached hydrogen (secondary N) is 6. The first kappa shape index (κ1) is 53.3. The summed E-state index contributed by atoms with van der Waals surface area (Å²) in [5.41, 5.74) is 4.61. The van der Waals surface area contributed by atoms with Gasteiger partial charge in [0.2, 0.25) is 29.5 Å². The highest BCUT2D eigenvalue weighted by Crippen LogP contribution is 2.39. The number of nitrogens with zero attached hydrogens (tertiary/aromatic N) is 2. The van der Waals surface area contributed by atoms with Crippen LogP contribution in [-0.4, -0.2) is 116 Å². The van der Waals surface area contributed by atoms with E-state index < -0.39 is 24.2 Å². The van der Waals surface area contributed by atoms with Crippen molar-refractivity contribution in [2.24, 2.45) is 11.8 Å². The van der Waals surface area contributed by atoms with Crippen LogP contribution in [0.1, 0.15) is 164 Å². The topological polar surface area (TPSA) is 182 Å². The van der Waals surface area contributed by atoms with Crippen LogP contribution in [0, 0.1) is 11.8 Å². The normalized spacial score (nSPS) is 24.4. The SMILES string of the molecule is CN[C@@H](C)C(=O)N[C@H](C(=O)N1CCC[C@H]1N[C@@H]1CCCc2c(OC/C=C/COc3cccc4c3CCC[C@H]4NC(=O)[C@@H]3CCCN3C(=O)[C@@H](NC(=O)[C@H](C)NC)C3CCCCC3)cccc21)C1CCCCC1.